The van der Waals surface area contributed by atoms with Crippen LogP contribution < -0.4 is 10.1 Å². The van der Waals surface area contributed by atoms with Crippen molar-refractivity contribution in [2.24, 2.45) is 0 Å². The van der Waals surface area contributed by atoms with Gasteiger partial charge < -0.3 is 10.1 Å². The Bertz CT molecular complexity index is 734. The second-order valence-corrected chi connectivity index (χ2v) is 4.52. The molecule has 0 aliphatic carbocycles. The third-order valence-corrected chi connectivity index (χ3v) is 2.86. The van der Waals surface area contributed by atoms with E-state index < -0.39 is 24.3 Å². The molecule has 0 radical (unpaired) electrons. The molecule has 0 fully saturated rings. The lowest BCUT2D eigenvalue weighted by molar-refractivity contribution is -0.137. The number of amides is 1. The van der Waals surface area contributed by atoms with Gasteiger partial charge in [-0.1, -0.05) is 12.1 Å². The molecule has 0 unspecified atom stereocenters. The molecule has 0 atom stereocenters. The molecule has 0 bridgehead atoms. The summed E-state index contributed by atoms with van der Waals surface area (Å²) in [5, 5.41) is 10.8. The first-order chi connectivity index (χ1) is 10.9. The Kier molecular flexibility index (Phi) is 4.86. The van der Waals surface area contributed by atoms with Crippen LogP contribution in [0.3, 0.4) is 0 Å². The van der Waals surface area contributed by atoms with Gasteiger partial charge in [-0.3, -0.25) is 4.79 Å². The van der Waals surface area contributed by atoms with Gasteiger partial charge >= 0.3 is 6.18 Å². The van der Waals surface area contributed by atoms with Crippen molar-refractivity contribution < 1.29 is 22.7 Å². The summed E-state index contributed by atoms with van der Waals surface area (Å²) in [7, 11) is 0. The van der Waals surface area contributed by atoms with E-state index in [0.717, 1.165) is 6.07 Å². The number of nitrogens with one attached hydrogen (secondary N) is 1. The summed E-state index contributed by atoms with van der Waals surface area (Å²) >= 11 is 0. The summed E-state index contributed by atoms with van der Waals surface area (Å²) in [6.45, 7) is -0.446. The van der Waals surface area contributed by atoms with Crippen molar-refractivity contribution in [3.63, 3.8) is 0 Å². The van der Waals surface area contributed by atoms with Gasteiger partial charge in [0.25, 0.3) is 5.91 Å². The zero-order valence-corrected chi connectivity index (χ0v) is 11.7. The number of hydrogen-bond donors (Lipinski definition) is 1. The van der Waals surface area contributed by atoms with Gasteiger partial charge in [-0.2, -0.15) is 18.4 Å². The van der Waals surface area contributed by atoms with Crippen LogP contribution in [0.15, 0.2) is 48.5 Å². The Labute approximate surface area is 130 Å². The van der Waals surface area contributed by atoms with Gasteiger partial charge in [0, 0.05) is 0 Å². The van der Waals surface area contributed by atoms with Crippen LogP contribution >= 0.6 is 0 Å². The Balaban J connectivity index is 1.99. The molecular formula is C16H11F3N2O2. The highest BCUT2D eigenvalue weighted by molar-refractivity contribution is 5.92. The van der Waals surface area contributed by atoms with Gasteiger partial charge in [0.2, 0.25) is 0 Å². The number of rotatable bonds is 4. The predicted octanol–water partition coefficient (Wildman–Crippen LogP) is 3.59. The summed E-state index contributed by atoms with van der Waals surface area (Å²) in [5.41, 5.74) is -0.818. The largest absolute Gasteiger partial charge is 0.484 e. The summed E-state index contributed by atoms with van der Waals surface area (Å²) in [5.74, 6) is -0.380. The van der Waals surface area contributed by atoms with E-state index in [0.29, 0.717) is 11.3 Å². The van der Waals surface area contributed by atoms with Crippen molar-refractivity contribution in [1.82, 2.24) is 0 Å². The molecule has 0 saturated carbocycles. The Morgan fingerprint density at radius 3 is 2.39 bits per heavy atom. The zero-order valence-electron chi connectivity index (χ0n) is 11.7. The van der Waals surface area contributed by atoms with Gasteiger partial charge in [0.15, 0.2) is 6.61 Å². The molecule has 0 spiro atoms. The summed E-state index contributed by atoms with van der Waals surface area (Å²) in [6.07, 6.45) is -4.56. The van der Waals surface area contributed by atoms with Crippen LogP contribution in [0, 0.1) is 11.3 Å². The lowest BCUT2D eigenvalue weighted by Crippen LogP contribution is -2.22. The molecule has 4 nitrogen and oxygen atoms in total. The van der Waals surface area contributed by atoms with Crippen LogP contribution in [0.25, 0.3) is 0 Å². The van der Waals surface area contributed by atoms with Crippen molar-refractivity contribution in [2.45, 2.75) is 6.18 Å². The number of carbonyl (C=O) groups excluding carboxylic acids is 1. The number of nitrogens with zero attached hydrogens (tertiary/aromatic N) is 1. The Morgan fingerprint density at radius 2 is 1.78 bits per heavy atom. The molecule has 0 saturated heterocycles. The number of ether oxygens (including phenoxy) is 1. The average Bonchev–Trinajstić information content (AvgIpc) is 2.53. The fourth-order valence-corrected chi connectivity index (χ4v) is 1.80. The van der Waals surface area contributed by atoms with E-state index in [2.05, 4.69) is 5.32 Å². The number of alkyl halides is 3. The van der Waals surface area contributed by atoms with Gasteiger partial charge in [0.05, 0.1) is 22.9 Å². The first kappa shape index (κ1) is 16.4. The van der Waals surface area contributed by atoms with E-state index in [4.69, 9.17) is 10.00 Å². The SMILES string of the molecule is N#Cc1ccc(OCC(=O)Nc2ccccc2C(F)(F)F)cc1. The van der Waals surface area contributed by atoms with Crippen LogP contribution in [0.4, 0.5) is 18.9 Å². The first-order valence-corrected chi connectivity index (χ1v) is 6.49. The fraction of sp³-hybridized carbons (Fsp3) is 0.125. The Morgan fingerprint density at radius 1 is 1.13 bits per heavy atom. The minimum Gasteiger partial charge on any atom is -0.484 e. The second-order valence-electron chi connectivity index (χ2n) is 4.52. The fourth-order valence-electron chi connectivity index (χ4n) is 1.80. The molecule has 2 rings (SSSR count). The maximum Gasteiger partial charge on any atom is 0.418 e. The molecule has 0 aliphatic rings. The van der Waals surface area contributed by atoms with Crippen LogP contribution in [0.2, 0.25) is 0 Å². The molecule has 2 aromatic rings. The van der Waals surface area contributed by atoms with Gasteiger partial charge in [-0.15, -0.1) is 0 Å². The highest BCUT2D eigenvalue weighted by Crippen LogP contribution is 2.34. The molecule has 0 heterocycles. The van der Waals surface area contributed by atoms with Crippen molar-refractivity contribution in [3.05, 3.63) is 59.7 Å². The highest BCUT2D eigenvalue weighted by atomic mass is 19.4. The van der Waals surface area contributed by atoms with Gasteiger partial charge in [-0.05, 0) is 36.4 Å². The van der Waals surface area contributed by atoms with Crippen molar-refractivity contribution in [1.29, 1.82) is 5.26 Å². The van der Waals surface area contributed by atoms with E-state index in [-0.39, 0.29) is 5.69 Å². The minimum atomic E-state index is -4.56. The van der Waals surface area contributed by atoms with Crippen LogP contribution in [0.5, 0.6) is 5.75 Å². The molecule has 7 heteroatoms. The molecule has 23 heavy (non-hydrogen) atoms. The molecule has 118 valence electrons. The van der Waals surface area contributed by atoms with Crippen molar-refractivity contribution in [3.8, 4) is 11.8 Å². The lowest BCUT2D eigenvalue weighted by atomic mass is 10.1. The standard InChI is InChI=1S/C16H11F3N2O2/c17-16(18,19)13-3-1-2-4-14(13)21-15(22)10-23-12-7-5-11(9-20)6-8-12/h1-8H,10H2,(H,21,22). The lowest BCUT2D eigenvalue weighted by Gasteiger charge is -2.13. The van der Waals surface area contributed by atoms with E-state index in [1.165, 1.54) is 42.5 Å². The van der Waals surface area contributed by atoms with E-state index in [9.17, 15) is 18.0 Å². The van der Waals surface area contributed by atoms with E-state index in [1.807, 2.05) is 6.07 Å². The summed E-state index contributed by atoms with van der Waals surface area (Å²) in [4.78, 5) is 11.7. The maximum atomic E-state index is 12.8. The molecule has 1 N–H and O–H groups in total. The second kappa shape index (κ2) is 6.83. The van der Waals surface area contributed by atoms with E-state index >= 15 is 0 Å². The minimum absolute atomic E-state index is 0.326. The normalized spacial score (nSPS) is 10.7. The van der Waals surface area contributed by atoms with Crippen molar-refractivity contribution >= 4 is 11.6 Å². The maximum absolute atomic E-state index is 12.8. The van der Waals surface area contributed by atoms with Crippen LogP contribution in [0.1, 0.15) is 11.1 Å². The quantitative estimate of drug-likeness (QED) is 0.936. The van der Waals surface area contributed by atoms with Gasteiger partial charge in [-0.25, -0.2) is 0 Å². The molecule has 1 amide bonds. The first-order valence-electron chi connectivity index (χ1n) is 6.49. The molecule has 0 aromatic heterocycles. The zero-order chi connectivity index (χ0) is 16.9. The van der Waals surface area contributed by atoms with Gasteiger partial charge in [0.1, 0.15) is 5.75 Å². The number of halogens is 3. The molecule has 0 aliphatic heterocycles. The van der Waals surface area contributed by atoms with Crippen molar-refractivity contribution in [2.75, 3.05) is 11.9 Å². The third kappa shape index (κ3) is 4.48. The highest BCUT2D eigenvalue weighted by Gasteiger charge is 2.33. The Hall–Kier alpha value is -3.01. The summed E-state index contributed by atoms with van der Waals surface area (Å²) in [6, 6.07) is 12.6. The summed E-state index contributed by atoms with van der Waals surface area (Å²) < 4.78 is 43.6. The van der Waals surface area contributed by atoms with Crippen LogP contribution in [-0.2, 0) is 11.0 Å². The number of carbonyl (C=O) groups is 1. The number of benzene rings is 2. The smallest absolute Gasteiger partial charge is 0.418 e. The molecular weight excluding hydrogens is 309 g/mol. The monoisotopic (exact) mass is 320 g/mol. The predicted molar refractivity (Wildman–Crippen MR) is 76.7 cm³/mol. The molecule has 2 aromatic carbocycles. The number of nitriles is 1. The number of hydrogen-bond acceptors (Lipinski definition) is 3. The average molecular weight is 320 g/mol. The van der Waals surface area contributed by atoms with Crippen LogP contribution in [-0.4, -0.2) is 12.5 Å². The number of anilines is 1. The number of para-hydroxylation sites is 1. The topological polar surface area (TPSA) is 62.1 Å². The third-order valence-electron chi connectivity index (χ3n) is 2.86. The van der Waals surface area contributed by atoms with E-state index in [1.54, 1.807) is 0 Å².